The Bertz CT molecular complexity index is 80.5. The van der Waals surface area contributed by atoms with Gasteiger partial charge in [0.05, 0.1) is 0 Å². The third kappa shape index (κ3) is 1.18. The second-order valence-electron chi connectivity index (χ2n) is 2.17. The molecule has 46 valence electrons. The minimum Gasteiger partial charge on any atom is -0.364 e. The van der Waals surface area contributed by atoms with Crippen molar-refractivity contribution in [3.63, 3.8) is 0 Å². The summed E-state index contributed by atoms with van der Waals surface area (Å²) in [5, 5.41) is 2.31. The van der Waals surface area contributed by atoms with Gasteiger partial charge in [0.25, 0.3) is 0 Å². The molecule has 0 aliphatic heterocycles. The van der Waals surface area contributed by atoms with Crippen molar-refractivity contribution >= 4 is 0 Å². The van der Waals surface area contributed by atoms with E-state index in [4.69, 9.17) is 0 Å². The number of hydrogen-bond donors (Lipinski definition) is 0. The van der Waals surface area contributed by atoms with Crippen LogP contribution in [0.25, 0.3) is 0 Å². The van der Waals surface area contributed by atoms with E-state index in [1.165, 1.54) is 19.3 Å². The molecule has 1 fully saturated rings. The van der Waals surface area contributed by atoms with Crippen molar-refractivity contribution in [2.45, 2.75) is 19.3 Å². The average molecular weight is 115 g/mol. The molecule has 3 nitrogen and oxygen atoms in total. The van der Waals surface area contributed by atoms with Gasteiger partial charge in [-0.25, -0.2) is 0 Å². The summed E-state index contributed by atoms with van der Waals surface area (Å²) < 4.78 is 0. The van der Waals surface area contributed by atoms with Gasteiger partial charge in [-0.3, -0.25) is 0 Å². The van der Waals surface area contributed by atoms with E-state index < -0.39 is 0 Å². The standard InChI is InChI=1S/C5H9NO2/c7-6-8-4-5-2-1-3-5/h5H,1-4H2. The van der Waals surface area contributed by atoms with Gasteiger partial charge in [-0.1, -0.05) is 6.42 Å². The van der Waals surface area contributed by atoms with Crippen molar-refractivity contribution in [2.75, 3.05) is 6.61 Å². The molecule has 1 aliphatic rings. The molecule has 0 saturated heterocycles. The molecule has 0 unspecified atom stereocenters. The first-order valence-electron chi connectivity index (χ1n) is 2.88. The van der Waals surface area contributed by atoms with Crippen LogP contribution in [0.1, 0.15) is 19.3 Å². The van der Waals surface area contributed by atoms with E-state index in [2.05, 4.69) is 10.2 Å². The van der Waals surface area contributed by atoms with Gasteiger partial charge in [-0.15, -0.1) is 4.91 Å². The topological polar surface area (TPSA) is 38.7 Å². The quantitative estimate of drug-likeness (QED) is 0.412. The fourth-order valence-electron chi connectivity index (χ4n) is 0.795. The molecule has 0 aromatic heterocycles. The van der Waals surface area contributed by atoms with Crippen molar-refractivity contribution in [3.05, 3.63) is 4.91 Å². The predicted octanol–water partition coefficient (Wildman–Crippen LogP) is 1.48. The van der Waals surface area contributed by atoms with Gasteiger partial charge in [-0.2, -0.15) is 0 Å². The van der Waals surface area contributed by atoms with E-state index in [1.807, 2.05) is 0 Å². The highest BCUT2D eigenvalue weighted by atomic mass is 16.7. The van der Waals surface area contributed by atoms with Crippen LogP contribution in [-0.2, 0) is 4.84 Å². The summed E-state index contributed by atoms with van der Waals surface area (Å²) >= 11 is 0. The summed E-state index contributed by atoms with van der Waals surface area (Å²) in [6.45, 7) is 0.531. The molecule has 1 saturated carbocycles. The first-order chi connectivity index (χ1) is 3.93. The second-order valence-corrected chi connectivity index (χ2v) is 2.17. The zero-order chi connectivity index (χ0) is 5.82. The molecule has 0 radical (unpaired) electrons. The highest BCUT2D eigenvalue weighted by Crippen LogP contribution is 2.26. The van der Waals surface area contributed by atoms with E-state index in [9.17, 15) is 4.91 Å². The molecule has 0 atom stereocenters. The molecule has 0 aromatic carbocycles. The molecule has 1 aliphatic carbocycles. The zero-order valence-electron chi connectivity index (χ0n) is 4.67. The fourth-order valence-corrected chi connectivity index (χ4v) is 0.795. The summed E-state index contributed by atoms with van der Waals surface area (Å²) in [5.41, 5.74) is 0. The number of nitrogens with zero attached hydrogens (tertiary/aromatic N) is 1. The van der Waals surface area contributed by atoms with Crippen LogP contribution >= 0.6 is 0 Å². The van der Waals surface area contributed by atoms with Gasteiger partial charge in [0.2, 0.25) is 0 Å². The lowest BCUT2D eigenvalue weighted by Crippen LogP contribution is -2.15. The van der Waals surface area contributed by atoms with Crippen LogP contribution in [0.5, 0.6) is 0 Å². The van der Waals surface area contributed by atoms with Gasteiger partial charge in [0.1, 0.15) is 6.61 Å². The smallest absolute Gasteiger partial charge is 0.155 e. The van der Waals surface area contributed by atoms with Crippen LogP contribution in [-0.4, -0.2) is 6.61 Å². The Labute approximate surface area is 48.0 Å². The third-order valence-electron chi connectivity index (χ3n) is 1.59. The molecule has 1 rings (SSSR count). The van der Waals surface area contributed by atoms with Crippen LogP contribution in [0, 0.1) is 10.8 Å². The molecular weight excluding hydrogens is 106 g/mol. The predicted molar refractivity (Wildman–Crippen MR) is 29.1 cm³/mol. The maximum atomic E-state index is 9.38. The van der Waals surface area contributed by atoms with Crippen molar-refractivity contribution < 1.29 is 4.84 Å². The van der Waals surface area contributed by atoms with E-state index in [-0.39, 0.29) is 0 Å². The Morgan fingerprint density at radius 1 is 1.62 bits per heavy atom. The summed E-state index contributed by atoms with van der Waals surface area (Å²) in [6, 6.07) is 0. The lowest BCUT2D eigenvalue weighted by Gasteiger charge is -2.22. The minimum absolute atomic E-state index is 0.531. The van der Waals surface area contributed by atoms with E-state index >= 15 is 0 Å². The molecule has 3 heteroatoms. The zero-order valence-corrected chi connectivity index (χ0v) is 4.67. The Morgan fingerprint density at radius 2 is 2.38 bits per heavy atom. The maximum absolute atomic E-state index is 9.38. The van der Waals surface area contributed by atoms with E-state index in [1.54, 1.807) is 0 Å². The normalized spacial score (nSPS) is 19.5. The Balaban J connectivity index is 1.93. The lowest BCUT2D eigenvalue weighted by atomic mass is 9.86. The summed E-state index contributed by atoms with van der Waals surface area (Å²) in [5.74, 6) is 0.618. The van der Waals surface area contributed by atoms with Gasteiger partial charge in [0, 0.05) is 0 Å². The number of hydrogen-bond acceptors (Lipinski definition) is 3. The van der Waals surface area contributed by atoms with Gasteiger partial charge < -0.3 is 4.84 Å². The molecule has 0 bridgehead atoms. The van der Waals surface area contributed by atoms with Crippen molar-refractivity contribution in [1.82, 2.24) is 0 Å². The summed E-state index contributed by atoms with van der Waals surface area (Å²) in [6.07, 6.45) is 3.69. The Morgan fingerprint density at radius 3 is 2.75 bits per heavy atom. The first-order valence-corrected chi connectivity index (χ1v) is 2.88. The molecule has 0 spiro atoms. The molecular formula is C5H9NO2. The van der Waals surface area contributed by atoms with Crippen molar-refractivity contribution in [1.29, 1.82) is 0 Å². The molecule has 0 aromatic rings. The highest BCUT2D eigenvalue weighted by molar-refractivity contribution is 4.67. The van der Waals surface area contributed by atoms with Crippen LogP contribution in [0.4, 0.5) is 0 Å². The maximum Gasteiger partial charge on any atom is 0.155 e. The molecule has 0 heterocycles. The van der Waals surface area contributed by atoms with Crippen LogP contribution in [0.15, 0.2) is 5.34 Å². The largest absolute Gasteiger partial charge is 0.364 e. The second kappa shape index (κ2) is 2.64. The van der Waals surface area contributed by atoms with Gasteiger partial charge in [-0.05, 0) is 18.8 Å². The van der Waals surface area contributed by atoms with Crippen LogP contribution < -0.4 is 0 Å². The van der Waals surface area contributed by atoms with E-state index in [0.29, 0.717) is 12.5 Å². The molecule has 0 amide bonds. The van der Waals surface area contributed by atoms with Crippen molar-refractivity contribution in [3.8, 4) is 0 Å². The van der Waals surface area contributed by atoms with E-state index in [0.717, 1.165) is 0 Å². The van der Waals surface area contributed by atoms with Gasteiger partial charge >= 0.3 is 0 Å². The average Bonchev–Trinajstić information content (AvgIpc) is 1.63. The van der Waals surface area contributed by atoms with Crippen LogP contribution in [0.2, 0.25) is 0 Å². The Kier molecular flexibility index (Phi) is 1.83. The van der Waals surface area contributed by atoms with Crippen LogP contribution in [0.3, 0.4) is 0 Å². The SMILES string of the molecule is O=NOCC1CCC1. The Hall–Kier alpha value is -0.600. The third-order valence-corrected chi connectivity index (χ3v) is 1.59. The lowest BCUT2D eigenvalue weighted by molar-refractivity contribution is 0.0725. The van der Waals surface area contributed by atoms with Gasteiger partial charge in [0.15, 0.2) is 5.34 Å². The minimum atomic E-state index is 0.531. The van der Waals surface area contributed by atoms with Crippen molar-refractivity contribution in [2.24, 2.45) is 11.3 Å². The highest BCUT2D eigenvalue weighted by Gasteiger charge is 2.17. The summed E-state index contributed by atoms with van der Waals surface area (Å²) in [4.78, 5) is 13.7. The monoisotopic (exact) mass is 115 g/mol. The number of rotatable bonds is 3. The molecule has 8 heavy (non-hydrogen) atoms. The molecule has 0 N–H and O–H groups in total. The summed E-state index contributed by atoms with van der Waals surface area (Å²) in [7, 11) is 0. The fraction of sp³-hybridized carbons (Fsp3) is 1.00. The first kappa shape index (κ1) is 5.54.